The molecule has 7 heteroatoms. The molecule has 0 spiro atoms. The van der Waals surface area contributed by atoms with Gasteiger partial charge in [0.05, 0.1) is 31.0 Å². The number of hydrogen-bond donors (Lipinski definition) is 1. The van der Waals surface area contributed by atoms with Crippen LogP contribution < -0.4 is 5.32 Å². The standard InChI is InChI=1S/C26H31N5OS/c1-20-7-4-8-21(19-20)30-13-5-10-23(30)25-24(22-9-2-3-11-27-22)28-26(33)31(25)14-6-12-29-15-17-32-18-16-29/h2-5,7-11,13,19,24-25H,6,12,14-18H2,1H3,(H,28,33)/t24-,25+/m0/s1. The van der Waals surface area contributed by atoms with E-state index in [4.69, 9.17) is 17.0 Å². The van der Waals surface area contributed by atoms with Gasteiger partial charge in [0.25, 0.3) is 0 Å². The van der Waals surface area contributed by atoms with E-state index in [1.165, 1.54) is 16.9 Å². The molecule has 2 saturated heterocycles. The fourth-order valence-corrected chi connectivity index (χ4v) is 5.24. The zero-order chi connectivity index (χ0) is 22.6. The Labute approximate surface area is 201 Å². The van der Waals surface area contributed by atoms with Crippen LogP contribution in [0.25, 0.3) is 5.69 Å². The molecule has 0 unspecified atom stereocenters. The quantitative estimate of drug-likeness (QED) is 0.539. The van der Waals surface area contributed by atoms with Gasteiger partial charge in [-0.1, -0.05) is 18.2 Å². The summed E-state index contributed by atoms with van der Waals surface area (Å²) in [5, 5.41) is 4.39. The van der Waals surface area contributed by atoms with Crippen molar-refractivity contribution >= 4 is 17.3 Å². The highest BCUT2D eigenvalue weighted by Gasteiger charge is 2.41. The lowest BCUT2D eigenvalue weighted by molar-refractivity contribution is 0.0365. The van der Waals surface area contributed by atoms with Gasteiger partial charge in [0, 0.05) is 50.0 Å². The van der Waals surface area contributed by atoms with Crippen LogP contribution in [0.2, 0.25) is 0 Å². The maximum atomic E-state index is 5.86. The van der Waals surface area contributed by atoms with Crippen LogP contribution in [0.4, 0.5) is 0 Å². The van der Waals surface area contributed by atoms with Crippen LogP contribution in [0.1, 0.15) is 35.5 Å². The summed E-state index contributed by atoms with van der Waals surface area (Å²) in [4.78, 5) is 9.52. The van der Waals surface area contributed by atoms with Gasteiger partial charge < -0.3 is 19.5 Å². The maximum absolute atomic E-state index is 5.86. The smallest absolute Gasteiger partial charge is 0.170 e. The number of ether oxygens (including phenoxy) is 1. The first-order valence-corrected chi connectivity index (χ1v) is 12.1. The summed E-state index contributed by atoms with van der Waals surface area (Å²) < 4.78 is 7.79. The summed E-state index contributed by atoms with van der Waals surface area (Å²) >= 11 is 5.86. The van der Waals surface area contributed by atoms with Crippen molar-refractivity contribution in [1.29, 1.82) is 0 Å². The first-order chi connectivity index (χ1) is 16.2. The number of nitrogens with one attached hydrogen (secondary N) is 1. The van der Waals surface area contributed by atoms with Gasteiger partial charge in [0.1, 0.15) is 0 Å². The van der Waals surface area contributed by atoms with Gasteiger partial charge >= 0.3 is 0 Å². The molecule has 2 fully saturated rings. The monoisotopic (exact) mass is 461 g/mol. The number of aryl methyl sites for hydroxylation is 1. The molecule has 6 nitrogen and oxygen atoms in total. The molecule has 0 bridgehead atoms. The van der Waals surface area contributed by atoms with E-state index >= 15 is 0 Å². The Morgan fingerprint density at radius 1 is 1.06 bits per heavy atom. The molecule has 0 amide bonds. The second-order valence-electron chi connectivity index (χ2n) is 8.77. The van der Waals surface area contributed by atoms with Crippen molar-refractivity contribution in [3.05, 3.63) is 83.9 Å². The average Bonchev–Trinajstić information content (AvgIpc) is 3.45. The summed E-state index contributed by atoms with van der Waals surface area (Å²) in [6, 6.07) is 19.1. The highest BCUT2D eigenvalue weighted by atomic mass is 32.1. The Morgan fingerprint density at radius 2 is 1.94 bits per heavy atom. The van der Waals surface area contributed by atoms with Crippen molar-refractivity contribution in [3.63, 3.8) is 0 Å². The van der Waals surface area contributed by atoms with Crippen LogP contribution >= 0.6 is 12.2 Å². The molecule has 0 radical (unpaired) electrons. The maximum Gasteiger partial charge on any atom is 0.170 e. The van der Waals surface area contributed by atoms with Crippen molar-refractivity contribution < 1.29 is 4.74 Å². The minimum absolute atomic E-state index is 0.000505. The van der Waals surface area contributed by atoms with Crippen molar-refractivity contribution in [3.8, 4) is 5.69 Å². The minimum atomic E-state index is 0.000505. The minimum Gasteiger partial charge on any atom is -0.379 e. The van der Waals surface area contributed by atoms with Gasteiger partial charge in [0.2, 0.25) is 0 Å². The molecular weight excluding hydrogens is 430 g/mol. The van der Waals surface area contributed by atoms with Gasteiger partial charge in [-0.25, -0.2) is 0 Å². The molecule has 0 saturated carbocycles. The van der Waals surface area contributed by atoms with E-state index in [0.717, 1.165) is 56.6 Å². The molecule has 2 aliphatic rings. The predicted octanol–water partition coefficient (Wildman–Crippen LogP) is 3.88. The number of morpholine rings is 1. The van der Waals surface area contributed by atoms with Gasteiger partial charge in [-0.15, -0.1) is 0 Å². The summed E-state index contributed by atoms with van der Waals surface area (Å²) in [6.45, 7) is 7.78. The molecule has 2 aliphatic heterocycles. The molecule has 3 aromatic rings. The fraction of sp³-hybridized carbons (Fsp3) is 0.385. The van der Waals surface area contributed by atoms with E-state index in [1.807, 2.05) is 18.3 Å². The summed E-state index contributed by atoms with van der Waals surface area (Å²) in [5.74, 6) is 0. The van der Waals surface area contributed by atoms with E-state index in [2.05, 4.69) is 80.3 Å². The third-order valence-electron chi connectivity index (χ3n) is 6.54. The van der Waals surface area contributed by atoms with Crippen LogP contribution in [0.5, 0.6) is 0 Å². The number of aromatic nitrogens is 2. The van der Waals surface area contributed by atoms with Crippen molar-refractivity contribution in [2.75, 3.05) is 39.4 Å². The number of thiocarbonyl (C=S) groups is 1. The van der Waals surface area contributed by atoms with E-state index in [1.54, 1.807) is 0 Å². The largest absolute Gasteiger partial charge is 0.379 e. The molecule has 2 atom stereocenters. The second-order valence-corrected chi connectivity index (χ2v) is 9.16. The molecule has 4 heterocycles. The zero-order valence-corrected chi connectivity index (χ0v) is 19.9. The Hall–Kier alpha value is -2.74. The highest BCUT2D eigenvalue weighted by Crippen LogP contribution is 2.39. The molecule has 33 heavy (non-hydrogen) atoms. The number of hydrogen-bond acceptors (Lipinski definition) is 4. The summed E-state index contributed by atoms with van der Waals surface area (Å²) in [7, 11) is 0. The highest BCUT2D eigenvalue weighted by molar-refractivity contribution is 7.80. The van der Waals surface area contributed by atoms with Crippen molar-refractivity contribution in [1.82, 2.24) is 24.7 Å². The average molecular weight is 462 g/mol. The lowest BCUT2D eigenvalue weighted by Crippen LogP contribution is -2.39. The zero-order valence-electron chi connectivity index (χ0n) is 19.1. The molecule has 0 aliphatic carbocycles. The van der Waals surface area contributed by atoms with Crippen LogP contribution in [0.3, 0.4) is 0 Å². The van der Waals surface area contributed by atoms with Gasteiger partial charge in [-0.3, -0.25) is 9.88 Å². The fourth-order valence-electron chi connectivity index (χ4n) is 4.91. The van der Waals surface area contributed by atoms with E-state index in [-0.39, 0.29) is 12.1 Å². The molecule has 1 N–H and O–H groups in total. The van der Waals surface area contributed by atoms with Crippen LogP contribution in [0, 0.1) is 6.92 Å². The predicted molar refractivity (Wildman–Crippen MR) is 135 cm³/mol. The second kappa shape index (κ2) is 10.0. The number of rotatable bonds is 7. The lowest BCUT2D eigenvalue weighted by Gasteiger charge is -2.31. The van der Waals surface area contributed by atoms with E-state index in [9.17, 15) is 0 Å². The van der Waals surface area contributed by atoms with E-state index < -0.39 is 0 Å². The Bertz CT molecular complexity index is 1080. The lowest BCUT2D eigenvalue weighted by atomic mass is 10.0. The van der Waals surface area contributed by atoms with E-state index in [0.29, 0.717) is 0 Å². The summed E-state index contributed by atoms with van der Waals surface area (Å²) in [5.41, 5.74) is 4.64. The number of nitrogens with zero attached hydrogens (tertiary/aromatic N) is 4. The molecule has 1 aromatic carbocycles. The van der Waals surface area contributed by atoms with Crippen LogP contribution in [-0.4, -0.2) is 63.9 Å². The third-order valence-corrected chi connectivity index (χ3v) is 6.89. The topological polar surface area (TPSA) is 45.6 Å². The SMILES string of the molecule is Cc1cccc(-n2cccc2[C@@H]2[C@H](c3ccccn3)NC(=S)N2CCCN2CCOCC2)c1. The van der Waals surface area contributed by atoms with Gasteiger partial charge in [0.15, 0.2) is 5.11 Å². The van der Waals surface area contributed by atoms with Gasteiger partial charge in [-0.2, -0.15) is 0 Å². The Kier molecular flexibility index (Phi) is 6.71. The van der Waals surface area contributed by atoms with Crippen molar-refractivity contribution in [2.45, 2.75) is 25.4 Å². The first kappa shape index (κ1) is 22.1. The number of pyridine rings is 1. The Balaban J connectivity index is 1.45. The molecular formula is C26H31N5OS. The van der Waals surface area contributed by atoms with Gasteiger partial charge in [-0.05, 0) is 67.5 Å². The van der Waals surface area contributed by atoms with Crippen LogP contribution in [0.15, 0.2) is 67.0 Å². The normalized spacial score (nSPS) is 21.4. The molecule has 2 aromatic heterocycles. The Morgan fingerprint density at radius 3 is 2.73 bits per heavy atom. The first-order valence-electron chi connectivity index (χ1n) is 11.7. The molecule has 172 valence electrons. The van der Waals surface area contributed by atoms with Crippen molar-refractivity contribution in [2.24, 2.45) is 0 Å². The number of benzene rings is 1. The third kappa shape index (κ3) is 4.81. The summed E-state index contributed by atoms with van der Waals surface area (Å²) in [6.07, 6.45) is 5.06. The molecule has 5 rings (SSSR count). The van der Waals surface area contributed by atoms with Crippen LogP contribution in [-0.2, 0) is 4.74 Å².